The van der Waals surface area contributed by atoms with Gasteiger partial charge in [0.25, 0.3) is 0 Å². The van der Waals surface area contributed by atoms with Gasteiger partial charge in [0.05, 0.1) is 12.5 Å². The van der Waals surface area contributed by atoms with Crippen LogP contribution >= 0.6 is 0 Å². The van der Waals surface area contributed by atoms with Crippen molar-refractivity contribution in [1.82, 2.24) is 5.32 Å². The van der Waals surface area contributed by atoms with Crippen molar-refractivity contribution < 1.29 is 19.1 Å². The van der Waals surface area contributed by atoms with Crippen LogP contribution in [0.3, 0.4) is 0 Å². The Labute approximate surface area is 249 Å². The first-order valence-electron chi connectivity index (χ1n) is 16.5. The van der Waals surface area contributed by atoms with E-state index in [9.17, 15) is 14.4 Å². The molecule has 0 aromatic heterocycles. The number of hydrogen-bond donors (Lipinski definition) is 1. The smallest absolute Gasteiger partial charge is 0.328 e. The van der Waals surface area contributed by atoms with Gasteiger partial charge in [-0.25, -0.2) is 4.79 Å². The number of fused-ring (bicyclic) bond motifs is 7. The van der Waals surface area contributed by atoms with Crippen molar-refractivity contribution in [3.8, 4) is 0 Å². The fourth-order valence-electron chi connectivity index (χ4n) is 11.4. The van der Waals surface area contributed by atoms with Gasteiger partial charge in [0.2, 0.25) is 5.91 Å². The van der Waals surface area contributed by atoms with Crippen molar-refractivity contribution in [3.63, 3.8) is 0 Å². The van der Waals surface area contributed by atoms with Gasteiger partial charge >= 0.3 is 5.97 Å². The summed E-state index contributed by atoms with van der Waals surface area (Å²) in [5, 5.41) is 3.21. The van der Waals surface area contributed by atoms with E-state index in [0.717, 1.165) is 57.8 Å². The maximum atomic E-state index is 14.4. The number of carbonyl (C=O) groups is 3. The largest absolute Gasteiger partial charge is 0.467 e. The monoisotopic (exact) mass is 567 g/mol. The third-order valence-electron chi connectivity index (χ3n) is 14.2. The summed E-state index contributed by atoms with van der Waals surface area (Å²) in [5.74, 6) is 1.27. The minimum Gasteiger partial charge on any atom is -0.467 e. The van der Waals surface area contributed by atoms with Gasteiger partial charge in [-0.1, -0.05) is 74.0 Å². The molecular formula is C36H57NO4. The molecule has 0 aliphatic heterocycles. The van der Waals surface area contributed by atoms with E-state index in [4.69, 9.17) is 4.74 Å². The zero-order chi connectivity index (χ0) is 30.4. The lowest BCUT2D eigenvalue weighted by molar-refractivity contribution is -0.186. The van der Waals surface area contributed by atoms with E-state index in [1.807, 2.05) is 13.8 Å². The molecular weight excluding hydrogens is 510 g/mol. The molecule has 5 aliphatic carbocycles. The Bertz CT molecular complexity index is 1150. The molecule has 41 heavy (non-hydrogen) atoms. The summed E-state index contributed by atoms with van der Waals surface area (Å²) in [7, 11) is 1.41. The summed E-state index contributed by atoms with van der Waals surface area (Å²) in [4.78, 5) is 40.1. The first-order chi connectivity index (χ1) is 18.9. The van der Waals surface area contributed by atoms with Crippen LogP contribution in [0.25, 0.3) is 0 Å². The Morgan fingerprint density at radius 1 is 0.927 bits per heavy atom. The van der Waals surface area contributed by atoms with Crippen molar-refractivity contribution in [1.29, 1.82) is 0 Å². The number of carbonyl (C=O) groups excluding carboxylic acids is 3. The second-order valence-corrected chi connectivity index (χ2v) is 17.2. The highest BCUT2D eigenvalue weighted by Crippen LogP contribution is 2.75. The Kier molecular flexibility index (Phi) is 7.27. The maximum absolute atomic E-state index is 14.4. The molecule has 0 heterocycles. The van der Waals surface area contributed by atoms with Crippen LogP contribution < -0.4 is 5.32 Å². The molecule has 4 fully saturated rings. The Morgan fingerprint density at radius 2 is 1.59 bits per heavy atom. The van der Waals surface area contributed by atoms with Crippen molar-refractivity contribution in [2.24, 2.45) is 56.2 Å². The Balaban J connectivity index is 1.55. The highest BCUT2D eigenvalue weighted by atomic mass is 16.5. The van der Waals surface area contributed by atoms with Gasteiger partial charge in [0.1, 0.15) is 11.8 Å². The normalized spacial score (nSPS) is 43.4. The molecule has 0 saturated heterocycles. The molecule has 5 aliphatic rings. The zero-order valence-electron chi connectivity index (χ0n) is 27.7. The van der Waals surface area contributed by atoms with Crippen molar-refractivity contribution in [2.75, 3.05) is 7.11 Å². The van der Waals surface area contributed by atoms with E-state index >= 15 is 0 Å². The molecule has 230 valence electrons. The third kappa shape index (κ3) is 4.24. The van der Waals surface area contributed by atoms with E-state index in [0.29, 0.717) is 24.0 Å². The first kappa shape index (κ1) is 30.8. The Hall–Kier alpha value is -1.65. The van der Waals surface area contributed by atoms with Crippen LogP contribution in [0.1, 0.15) is 127 Å². The van der Waals surface area contributed by atoms with Crippen molar-refractivity contribution in [2.45, 2.75) is 133 Å². The number of nitrogens with one attached hydrogen (secondary N) is 1. The fourth-order valence-corrected chi connectivity index (χ4v) is 11.4. The number of methoxy groups -OCH3 is 1. The standard InChI is InChI=1S/C36H57NO4/c1-22(2)28(29(39)41-10)37-30(40)36-19-17-31(3,4)21-24(36)23-11-12-26-33(7)15-14-27(38)32(5,6)25(33)13-16-35(26,9)34(23,8)18-20-36/h11,22,24-26,28H,12-21H2,1-10H3,(H,37,40)/t24-,25+,26-,28+,33+,34-,35-,36+/m1/s1. The number of amides is 1. The number of rotatable bonds is 4. The van der Waals surface area contributed by atoms with Gasteiger partial charge < -0.3 is 10.1 Å². The maximum Gasteiger partial charge on any atom is 0.328 e. The summed E-state index contributed by atoms with van der Waals surface area (Å²) in [5.41, 5.74) is 1.27. The average molecular weight is 568 g/mol. The number of ether oxygens (including phenoxy) is 1. The number of allylic oxidation sites excluding steroid dienone is 2. The summed E-state index contributed by atoms with van der Waals surface area (Å²) >= 11 is 0. The highest BCUT2D eigenvalue weighted by molar-refractivity contribution is 5.89. The minimum atomic E-state index is -0.624. The number of hydrogen-bond acceptors (Lipinski definition) is 4. The molecule has 5 nitrogen and oxygen atoms in total. The van der Waals surface area contributed by atoms with Crippen LogP contribution in [0.15, 0.2) is 11.6 Å². The lowest BCUT2D eigenvalue weighted by Gasteiger charge is -2.70. The summed E-state index contributed by atoms with van der Waals surface area (Å²) < 4.78 is 5.09. The highest BCUT2D eigenvalue weighted by Gasteiger charge is 2.69. The first-order valence-corrected chi connectivity index (χ1v) is 16.5. The minimum absolute atomic E-state index is 0.0250. The van der Waals surface area contributed by atoms with Gasteiger partial charge in [-0.05, 0) is 103 Å². The molecule has 1 N–H and O–H groups in total. The van der Waals surface area contributed by atoms with Gasteiger partial charge in [-0.2, -0.15) is 0 Å². The van der Waals surface area contributed by atoms with Gasteiger partial charge in [-0.15, -0.1) is 0 Å². The van der Waals surface area contributed by atoms with Gasteiger partial charge in [0, 0.05) is 11.8 Å². The van der Waals surface area contributed by atoms with Crippen molar-refractivity contribution in [3.05, 3.63) is 11.6 Å². The molecule has 8 atom stereocenters. The molecule has 0 radical (unpaired) electrons. The van der Waals surface area contributed by atoms with E-state index in [2.05, 4.69) is 59.9 Å². The number of ketones is 1. The molecule has 5 heteroatoms. The molecule has 5 rings (SSSR count). The molecule has 0 aromatic rings. The van der Waals surface area contributed by atoms with Gasteiger partial charge in [0.15, 0.2) is 0 Å². The van der Waals surface area contributed by atoms with Gasteiger partial charge in [-0.3, -0.25) is 9.59 Å². The lowest BCUT2D eigenvalue weighted by Crippen LogP contribution is -2.65. The molecule has 1 amide bonds. The average Bonchev–Trinajstić information content (AvgIpc) is 2.89. The van der Waals surface area contributed by atoms with E-state index in [-0.39, 0.29) is 50.8 Å². The zero-order valence-corrected chi connectivity index (χ0v) is 27.7. The predicted molar refractivity (Wildman–Crippen MR) is 163 cm³/mol. The quantitative estimate of drug-likeness (QED) is 0.279. The second-order valence-electron chi connectivity index (χ2n) is 17.2. The second kappa shape index (κ2) is 9.68. The number of esters is 1. The third-order valence-corrected chi connectivity index (χ3v) is 14.2. The molecule has 0 bridgehead atoms. The summed E-state index contributed by atoms with van der Waals surface area (Å²) in [6.07, 6.45) is 12.4. The lowest BCUT2D eigenvalue weighted by atomic mass is 9.33. The summed E-state index contributed by atoms with van der Waals surface area (Å²) in [6.45, 7) is 20.7. The Morgan fingerprint density at radius 3 is 2.22 bits per heavy atom. The van der Waals surface area contributed by atoms with Crippen LogP contribution in [-0.2, 0) is 19.1 Å². The topological polar surface area (TPSA) is 72.5 Å². The fraction of sp³-hybridized carbons (Fsp3) is 0.861. The molecule has 0 spiro atoms. The van der Waals surface area contributed by atoms with E-state index in [1.54, 1.807) is 0 Å². The van der Waals surface area contributed by atoms with Crippen LogP contribution in [0.2, 0.25) is 0 Å². The SMILES string of the molecule is COC(=O)[C@@H](NC(=O)[C@]12CCC(C)(C)C[C@@H]1C1=CC[C@@H]3[C@@]4(C)CCC(=O)C(C)(C)[C@@H]4CC[C@@]3(C)[C@]1(C)CC2)C(C)C. The molecule has 0 aromatic carbocycles. The van der Waals surface area contributed by atoms with Crippen LogP contribution in [0, 0.1) is 56.2 Å². The summed E-state index contributed by atoms with van der Waals surface area (Å²) in [6, 6.07) is -0.624. The van der Waals surface area contributed by atoms with E-state index in [1.165, 1.54) is 12.7 Å². The molecule has 0 unspecified atom stereocenters. The van der Waals surface area contributed by atoms with Crippen LogP contribution in [0.4, 0.5) is 0 Å². The van der Waals surface area contributed by atoms with E-state index < -0.39 is 11.5 Å². The van der Waals surface area contributed by atoms with Crippen LogP contribution in [0.5, 0.6) is 0 Å². The molecule has 4 saturated carbocycles. The van der Waals surface area contributed by atoms with Crippen molar-refractivity contribution >= 4 is 17.7 Å². The van der Waals surface area contributed by atoms with Crippen LogP contribution in [-0.4, -0.2) is 30.8 Å². The number of Topliss-reactive ketones (excluding diaryl/α,β-unsaturated/α-hetero) is 1. The predicted octanol–water partition coefficient (Wildman–Crippen LogP) is 7.67.